The maximum absolute atomic E-state index is 13.1. The van der Waals surface area contributed by atoms with E-state index in [2.05, 4.69) is 39.4 Å². The molecule has 0 radical (unpaired) electrons. The molecule has 1 aromatic carbocycles. The second kappa shape index (κ2) is 9.59. The lowest BCUT2D eigenvalue weighted by atomic mass is 10.0. The first-order valence-electron chi connectivity index (χ1n) is 11.4. The zero-order valence-corrected chi connectivity index (χ0v) is 18.8. The Morgan fingerprint density at radius 3 is 2.65 bits per heavy atom. The number of hydrogen-bond acceptors (Lipinski definition) is 6. The highest BCUT2D eigenvalue weighted by Crippen LogP contribution is 2.37. The molecular formula is C24H31N3O3S. The Bertz CT molecular complexity index is 880. The third kappa shape index (κ3) is 4.89. The number of hydrogen-bond donors (Lipinski definition) is 0. The van der Waals surface area contributed by atoms with Gasteiger partial charge in [-0.25, -0.2) is 0 Å². The molecule has 0 saturated carbocycles. The van der Waals surface area contributed by atoms with Gasteiger partial charge in [-0.1, -0.05) is 12.1 Å². The third-order valence-corrected chi connectivity index (χ3v) is 7.40. The van der Waals surface area contributed by atoms with Gasteiger partial charge in [0.1, 0.15) is 0 Å². The van der Waals surface area contributed by atoms with Gasteiger partial charge in [-0.3, -0.25) is 14.6 Å². The van der Waals surface area contributed by atoms with Crippen molar-refractivity contribution in [2.75, 3.05) is 52.5 Å². The molecule has 7 heteroatoms. The van der Waals surface area contributed by atoms with E-state index in [1.807, 2.05) is 22.3 Å². The SMILES string of the molecule is O=C(CN1CCC[C@@H]1c1ccc2c(c1)OCCCO2)N1CCN(Cc2cccs2)CC1. The Morgan fingerprint density at radius 1 is 1.00 bits per heavy atom. The number of nitrogens with zero attached hydrogens (tertiary/aromatic N) is 3. The lowest BCUT2D eigenvalue weighted by Crippen LogP contribution is -2.50. The number of carbonyl (C=O) groups is 1. The van der Waals surface area contributed by atoms with E-state index in [4.69, 9.17) is 9.47 Å². The normalized spacial score (nSPS) is 22.5. The van der Waals surface area contributed by atoms with Crippen LogP contribution in [0.15, 0.2) is 35.7 Å². The number of carbonyl (C=O) groups excluding carboxylic acids is 1. The highest BCUT2D eigenvalue weighted by atomic mass is 32.1. The van der Waals surface area contributed by atoms with Gasteiger partial charge in [0.25, 0.3) is 0 Å². The van der Waals surface area contributed by atoms with Crippen molar-refractivity contribution in [2.24, 2.45) is 0 Å². The summed E-state index contributed by atoms with van der Waals surface area (Å²) in [5.74, 6) is 1.94. The molecule has 31 heavy (non-hydrogen) atoms. The molecule has 1 amide bonds. The van der Waals surface area contributed by atoms with Crippen LogP contribution in [0.5, 0.6) is 11.5 Å². The van der Waals surface area contributed by atoms with Crippen LogP contribution in [0.3, 0.4) is 0 Å². The minimum Gasteiger partial charge on any atom is -0.490 e. The molecule has 0 unspecified atom stereocenters. The van der Waals surface area contributed by atoms with Crippen molar-refractivity contribution in [3.63, 3.8) is 0 Å². The van der Waals surface area contributed by atoms with Gasteiger partial charge in [0, 0.05) is 50.1 Å². The van der Waals surface area contributed by atoms with Gasteiger partial charge in [-0.05, 0) is 48.5 Å². The topological polar surface area (TPSA) is 45.3 Å². The standard InChI is InChI=1S/C24H31N3O3S/c28-24(26-11-9-25(10-12-26)17-20-4-2-15-31-20)18-27-8-1-5-21(27)19-6-7-22-23(16-19)30-14-3-13-29-22/h2,4,6-7,15-16,21H,1,3,5,8-14,17-18H2/t21-/m1/s1. The highest BCUT2D eigenvalue weighted by Gasteiger charge is 2.31. The predicted octanol–water partition coefficient (Wildman–Crippen LogP) is 3.39. The molecule has 3 aliphatic rings. The van der Waals surface area contributed by atoms with Crippen LogP contribution in [0, 0.1) is 0 Å². The number of rotatable bonds is 5. The molecule has 2 saturated heterocycles. The summed E-state index contributed by atoms with van der Waals surface area (Å²) in [6, 6.07) is 10.9. The molecule has 1 aromatic heterocycles. The van der Waals surface area contributed by atoms with Gasteiger partial charge in [-0.2, -0.15) is 0 Å². The van der Waals surface area contributed by atoms with Gasteiger partial charge in [0.05, 0.1) is 19.8 Å². The van der Waals surface area contributed by atoms with Crippen LogP contribution in [0.4, 0.5) is 0 Å². The van der Waals surface area contributed by atoms with Crippen LogP contribution in [-0.4, -0.2) is 73.1 Å². The Morgan fingerprint density at radius 2 is 1.84 bits per heavy atom. The zero-order chi connectivity index (χ0) is 21.0. The minimum atomic E-state index is 0.261. The molecule has 1 atom stereocenters. The fraction of sp³-hybridized carbons (Fsp3) is 0.542. The molecule has 0 N–H and O–H groups in total. The first kappa shape index (κ1) is 20.8. The van der Waals surface area contributed by atoms with E-state index in [0.29, 0.717) is 19.8 Å². The molecule has 5 rings (SSSR count). The molecule has 2 fully saturated rings. The third-order valence-electron chi connectivity index (χ3n) is 6.54. The van der Waals surface area contributed by atoms with E-state index in [0.717, 1.165) is 70.0 Å². The number of likely N-dealkylation sites (tertiary alicyclic amines) is 1. The van der Waals surface area contributed by atoms with Crippen molar-refractivity contribution in [2.45, 2.75) is 31.8 Å². The highest BCUT2D eigenvalue weighted by molar-refractivity contribution is 7.09. The summed E-state index contributed by atoms with van der Waals surface area (Å²) < 4.78 is 11.7. The van der Waals surface area contributed by atoms with Crippen molar-refractivity contribution in [3.05, 3.63) is 46.2 Å². The summed E-state index contributed by atoms with van der Waals surface area (Å²) in [4.78, 5) is 21.3. The molecule has 2 aromatic rings. The van der Waals surface area contributed by atoms with Gasteiger partial charge in [0.2, 0.25) is 5.91 Å². The minimum absolute atomic E-state index is 0.261. The Labute approximate surface area is 188 Å². The summed E-state index contributed by atoms with van der Waals surface area (Å²) in [5.41, 5.74) is 1.23. The number of piperazine rings is 1. The fourth-order valence-electron chi connectivity index (χ4n) is 4.83. The maximum atomic E-state index is 13.1. The van der Waals surface area contributed by atoms with Gasteiger partial charge in [-0.15, -0.1) is 11.3 Å². The largest absolute Gasteiger partial charge is 0.490 e. The van der Waals surface area contributed by atoms with Crippen LogP contribution in [0.1, 0.15) is 35.7 Å². The van der Waals surface area contributed by atoms with Gasteiger partial charge >= 0.3 is 0 Å². The van der Waals surface area contributed by atoms with Crippen molar-refractivity contribution in [1.82, 2.24) is 14.7 Å². The van der Waals surface area contributed by atoms with Crippen molar-refractivity contribution in [3.8, 4) is 11.5 Å². The lowest BCUT2D eigenvalue weighted by Gasteiger charge is -2.36. The first-order chi connectivity index (χ1) is 15.3. The van der Waals surface area contributed by atoms with Crippen LogP contribution in [0.25, 0.3) is 0 Å². The van der Waals surface area contributed by atoms with Gasteiger partial charge in [0.15, 0.2) is 11.5 Å². The molecule has 0 bridgehead atoms. The van der Waals surface area contributed by atoms with Crippen LogP contribution < -0.4 is 9.47 Å². The van der Waals surface area contributed by atoms with Gasteiger partial charge < -0.3 is 14.4 Å². The van der Waals surface area contributed by atoms with Crippen LogP contribution >= 0.6 is 11.3 Å². The van der Waals surface area contributed by atoms with E-state index in [1.165, 1.54) is 10.4 Å². The summed E-state index contributed by atoms with van der Waals surface area (Å²) in [5, 5.41) is 2.13. The molecule has 4 heterocycles. The molecule has 0 aliphatic carbocycles. The lowest BCUT2D eigenvalue weighted by molar-refractivity contribution is -0.134. The van der Waals surface area contributed by atoms with E-state index in [1.54, 1.807) is 0 Å². The number of ether oxygens (including phenoxy) is 2. The Kier molecular flexibility index (Phi) is 6.43. The van der Waals surface area contributed by atoms with E-state index in [-0.39, 0.29) is 11.9 Å². The van der Waals surface area contributed by atoms with Crippen molar-refractivity contribution in [1.29, 1.82) is 0 Å². The predicted molar refractivity (Wildman–Crippen MR) is 122 cm³/mol. The fourth-order valence-corrected chi connectivity index (χ4v) is 5.58. The Balaban J connectivity index is 1.17. The summed E-state index contributed by atoms with van der Waals surface area (Å²) in [6.45, 7) is 7.44. The van der Waals surface area contributed by atoms with Crippen LogP contribution in [0.2, 0.25) is 0 Å². The Hall–Kier alpha value is -2.09. The monoisotopic (exact) mass is 441 g/mol. The smallest absolute Gasteiger partial charge is 0.236 e. The van der Waals surface area contributed by atoms with E-state index >= 15 is 0 Å². The number of amides is 1. The summed E-state index contributed by atoms with van der Waals surface area (Å²) >= 11 is 1.81. The molecule has 166 valence electrons. The average molecular weight is 442 g/mol. The molecular weight excluding hydrogens is 410 g/mol. The van der Waals surface area contributed by atoms with E-state index < -0.39 is 0 Å². The van der Waals surface area contributed by atoms with Crippen LogP contribution in [-0.2, 0) is 11.3 Å². The average Bonchev–Trinajstić information content (AvgIpc) is 3.41. The molecule has 3 aliphatic heterocycles. The second-order valence-electron chi connectivity index (χ2n) is 8.62. The van der Waals surface area contributed by atoms with E-state index in [9.17, 15) is 4.79 Å². The molecule has 6 nitrogen and oxygen atoms in total. The summed E-state index contributed by atoms with van der Waals surface area (Å²) in [7, 11) is 0. The van der Waals surface area contributed by atoms with Crippen molar-refractivity contribution < 1.29 is 14.3 Å². The number of fused-ring (bicyclic) bond motifs is 1. The number of thiophene rings is 1. The number of benzene rings is 1. The molecule has 0 spiro atoms. The second-order valence-corrected chi connectivity index (χ2v) is 9.65. The maximum Gasteiger partial charge on any atom is 0.236 e. The summed E-state index contributed by atoms with van der Waals surface area (Å²) in [6.07, 6.45) is 3.12. The zero-order valence-electron chi connectivity index (χ0n) is 18.0. The quantitative estimate of drug-likeness (QED) is 0.712. The first-order valence-corrected chi connectivity index (χ1v) is 12.3. The van der Waals surface area contributed by atoms with Crippen molar-refractivity contribution >= 4 is 17.2 Å².